The number of nitrogens with zero attached hydrogens (tertiary/aromatic N) is 2. The largest absolute Gasteiger partial charge is 0.352 e. The topological polar surface area (TPSA) is 46.9 Å². The number of aryl methyl sites for hydroxylation is 1. The molecular formula is C19H27N3O. The Morgan fingerprint density at radius 2 is 2.04 bits per heavy atom. The Morgan fingerprint density at radius 3 is 2.83 bits per heavy atom. The van der Waals surface area contributed by atoms with E-state index in [-0.39, 0.29) is 5.91 Å². The van der Waals surface area contributed by atoms with Crippen LogP contribution in [0, 0.1) is 0 Å². The van der Waals surface area contributed by atoms with Gasteiger partial charge in [0.05, 0.1) is 11.0 Å². The first-order chi connectivity index (χ1) is 11.3. The van der Waals surface area contributed by atoms with E-state index in [0.717, 1.165) is 49.0 Å². The van der Waals surface area contributed by atoms with Crippen molar-refractivity contribution < 1.29 is 4.79 Å². The highest BCUT2D eigenvalue weighted by atomic mass is 16.2. The minimum Gasteiger partial charge on any atom is -0.352 e. The molecule has 1 heterocycles. The Morgan fingerprint density at radius 1 is 1.26 bits per heavy atom. The first-order valence-corrected chi connectivity index (χ1v) is 9.01. The number of para-hydroxylation sites is 2. The van der Waals surface area contributed by atoms with Crippen LogP contribution in [-0.2, 0) is 17.8 Å². The summed E-state index contributed by atoms with van der Waals surface area (Å²) in [4.78, 5) is 17.2. The fraction of sp³-hybridized carbons (Fsp3) is 0.579. The molecule has 1 saturated carbocycles. The fourth-order valence-corrected chi connectivity index (χ4v) is 3.49. The molecule has 1 aliphatic carbocycles. The monoisotopic (exact) mass is 313 g/mol. The summed E-state index contributed by atoms with van der Waals surface area (Å²) in [5, 5.41) is 3.22. The van der Waals surface area contributed by atoms with Gasteiger partial charge in [0.2, 0.25) is 5.91 Å². The van der Waals surface area contributed by atoms with Crippen molar-refractivity contribution >= 4 is 16.9 Å². The van der Waals surface area contributed by atoms with E-state index in [1.54, 1.807) is 0 Å². The molecule has 0 spiro atoms. The third-order valence-corrected chi connectivity index (χ3v) is 4.76. The molecule has 1 N–H and O–H groups in total. The van der Waals surface area contributed by atoms with Crippen molar-refractivity contribution in [2.75, 3.05) is 0 Å². The molecule has 1 amide bonds. The maximum absolute atomic E-state index is 12.5. The van der Waals surface area contributed by atoms with Crippen LogP contribution in [0.3, 0.4) is 0 Å². The summed E-state index contributed by atoms with van der Waals surface area (Å²) in [7, 11) is 0. The van der Waals surface area contributed by atoms with Gasteiger partial charge < -0.3 is 9.88 Å². The molecule has 0 atom stereocenters. The van der Waals surface area contributed by atoms with Crippen LogP contribution in [0.25, 0.3) is 11.0 Å². The Labute approximate surface area is 138 Å². The molecule has 4 nitrogen and oxygen atoms in total. The highest BCUT2D eigenvalue weighted by molar-refractivity contribution is 5.81. The molecule has 2 aromatic rings. The first-order valence-electron chi connectivity index (χ1n) is 9.01. The first kappa shape index (κ1) is 16.0. The standard InChI is InChI=1S/C19H27N3O/c1-2-3-13-18-21-16-11-7-8-12-17(16)22(18)14-19(23)20-15-9-5-4-6-10-15/h7-8,11-12,15H,2-6,9-10,13-14H2,1H3,(H,20,23). The Hall–Kier alpha value is -1.84. The van der Waals surface area contributed by atoms with Crippen LogP contribution in [0.1, 0.15) is 57.7 Å². The molecule has 1 aliphatic rings. The van der Waals surface area contributed by atoms with E-state index in [4.69, 9.17) is 4.98 Å². The number of hydrogen-bond acceptors (Lipinski definition) is 2. The van der Waals surface area contributed by atoms with Gasteiger partial charge in [-0.1, -0.05) is 44.7 Å². The van der Waals surface area contributed by atoms with Crippen LogP contribution in [-0.4, -0.2) is 21.5 Å². The quantitative estimate of drug-likeness (QED) is 0.881. The third-order valence-electron chi connectivity index (χ3n) is 4.76. The molecule has 0 aliphatic heterocycles. The average molecular weight is 313 g/mol. The molecule has 23 heavy (non-hydrogen) atoms. The highest BCUT2D eigenvalue weighted by Gasteiger charge is 2.18. The van der Waals surface area contributed by atoms with E-state index in [0.29, 0.717) is 12.6 Å². The molecular weight excluding hydrogens is 286 g/mol. The second-order valence-corrected chi connectivity index (χ2v) is 6.61. The normalized spacial score (nSPS) is 15.9. The predicted molar refractivity (Wildman–Crippen MR) is 93.4 cm³/mol. The highest BCUT2D eigenvalue weighted by Crippen LogP contribution is 2.19. The number of amides is 1. The van der Waals surface area contributed by atoms with E-state index < -0.39 is 0 Å². The predicted octanol–water partition coefficient (Wildman–Crippen LogP) is 3.83. The van der Waals surface area contributed by atoms with Crippen LogP contribution in [0.2, 0.25) is 0 Å². The number of rotatable bonds is 6. The van der Waals surface area contributed by atoms with Crippen molar-refractivity contribution in [3.8, 4) is 0 Å². The zero-order valence-electron chi connectivity index (χ0n) is 14.1. The number of carbonyl (C=O) groups is 1. The van der Waals surface area contributed by atoms with E-state index in [1.165, 1.54) is 19.3 Å². The molecule has 0 unspecified atom stereocenters. The molecule has 1 aromatic carbocycles. The van der Waals surface area contributed by atoms with Crippen molar-refractivity contribution in [2.24, 2.45) is 0 Å². The summed E-state index contributed by atoms with van der Waals surface area (Å²) >= 11 is 0. The average Bonchev–Trinajstić information content (AvgIpc) is 2.91. The number of unbranched alkanes of at least 4 members (excludes halogenated alkanes) is 1. The van der Waals surface area contributed by atoms with Gasteiger partial charge in [0, 0.05) is 12.5 Å². The van der Waals surface area contributed by atoms with Crippen molar-refractivity contribution in [2.45, 2.75) is 70.9 Å². The van der Waals surface area contributed by atoms with Crippen molar-refractivity contribution in [3.05, 3.63) is 30.1 Å². The van der Waals surface area contributed by atoms with Gasteiger partial charge in [-0.05, 0) is 31.4 Å². The second kappa shape index (κ2) is 7.62. The van der Waals surface area contributed by atoms with Gasteiger partial charge in [-0.25, -0.2) is 4.98 Å². The Balaban J connectivity index is 1.75. The zero-order chi connectivity index (χ0) is 16.1. The van der Waals surface area contributed by atoms with Crippen LogP contribution in [0.5, 0.6) is 0 Å². The number of hydrogen-bond donors (Lipinski definition) is 1. The molecule has 1 aromatic heterocycles. The molecule has 0 saturated heterocycles. The Kier molecular flexibility index (Phi) is 5.31. The van der Waals surface area contributed by atoms with Crippen LogP contribution >= 0.6 is 0 Å². The van der Waals surface area contributed by atoms with Crippen LogP contribution in [0.15, 0.2) is 24.3 Å². The summed E-state index contributed by atoms with van der Waals surface area (Å²) < 4.78 is 2.10. The van der Waals surface area contributed by atoms with Gasteiger partial charge in [-0.2, -0.15) is 0 Å². The summed E-state index contributed by atoms with van der Waals surface area (Å²) in [6, 6.07) is 8.48. The lowest BCUT2D eigenvalue weighted by Gasteiger charge is -2.23. The minimum atomic E-state index is 0.123. The van der Waals surface area contributed by atoms with E-state index in [9.17, 15) is 4.79 Å². The van der Waals surface area contributed by atoms with Gasteiger partial charge >= 0.3 is 0 Å². The maximum Gasteiger partial charge on any atom is 0.240 e. The lowest BCUT2D eigenvalue weighted by atomic mass is 9.95. The lowest BCUT2D eigenvalue weighted by Crippen LogP contribution is -2.38. The smallest absolute Gasteiger partial charge is 0.240 e. The zero-order valence-corrected chi connectivity index (χ0v) is 14.1. The number of fused-ring (bicyclic) bond motifs is 1. The van der Waals surface area contributed by atoms with Gasteiger partial charge in [-0.15, -0.1) is 0 Å². The Bertz CT molecular complexity index is 656. The minimum absolute atomic E-state index is 0.123. The molecule has 124 valence electrons. The van der Waals surface area contributed by atoms with Crippen molar-refractivity contribution in [1.82, 2.24) is 14.9 Å². The second-order valence-electron chi connectivity index (χ2n) is 6.61. The van der Waals surface area contributed by atoms with Gasteiger partial charge in [0.15, 0.2) is 0 Å². The number of imidazole rings is 1. The van der Waals surface area contributed by atoms with Crippen LogP contribution < -0.4 is 5.32 Å². The molecule has 0 bridgehead atoms. The summed E-state index contributed by atoms with van der Waals surface area (Å²) in [5.41, 5.74) is 2.06. The number of aromatic nitrogens is 2. The van der Waals surface area contributed by atoms with Crippen LogP contribution in [0.4, 0.5) is 0 Å². The SMILES string of the molecule is CCCCc1nc2ccccc2n1CC(=O)NC1CCCCC1. The van der Waals surface area contributed by atoms with E-state index in [2.05, 4.69) is 22.9 Å². The molecule has 1 fully saturated rings. The molecule has 0 radical (unpaired) electrons. The van der Waals surface area contributed by atoms with Crippen molar-refractivity contribution in [3.63, 3.8) is 0 Å². The van der Waals surface area contributed by atoms with Gasteiger partial charge in [-0.3, -0.25) is 4.79 Å². The van der Waals surface area contributed by atoms with Gasteiger partial charge in [0.25, 0.3) is 0 Å². The molecule has 3 rings (SSSR count). The van der Waals surface area contributed by atoms with Crippen molar-refractivity contribution in [1.29, 1.82) is 0 Å². The fourth-order valence-electron chi connectivity index (χ4n) is 3.49. The van der Waals surface area contributed by atoms with E-state index in [1.807, 2.05) is 18.2 Å². The number of nitrogens with one attached hydrogen (secondary N) is 1. The van der Waals surface area contributed by atoms with E-state index >= 15 is 0 Å². The summed E-state index contributed by atoms with van der Waals surface area (Å²) in [6.07, 6.45) is 9.20. The maximum atomic E-state index is 12.5. The lowest BCUT2D eigenvalue weighted by molar-refractivity contribution is -0.122. The van der Waals surface area contributed by atoms with Gasteiger partial charge in [0.1, 0.15) is 12.4 Å². The third kappa shape index (κ3) is 3.92. The summed E-state index contributed by atoms with van der Waals surface area (Å²) in [5.74, 6) is 1.16. The molecule has 4 heteroatoms. The number of carbonyl (C=O) groups excluding carboxylic acids is 1. The number of benzene rings is 1. The summed E-state index contributed by atoms with van der Waals surface area (Å²) in [6.45, 7) is 2.57.